The minimum Gasteiger partial charge on any atom is -0.462 e. The summed E-state index contributed by atoms with van der Waals surface area (Å²) in [7, 11) is 0. The van der Waals surface area contributed by atoms with Crippen molar-refractivity contribution in [2.45, 2.75) is 59.4 Å². The van der Waals surface area contributed by atoms with Gasteiger partial charge in [0, 0.05) is 35.8 Å². The van der Waals surface area contributed by atoms with Crippen LogP contribution in [0.1, 0.15) is 60.7 Å². The normalized spacial score (nSPS) is 10.7. The standard InChI is InChI=1S/C36H39N7O8/c1-4-5-15-50-35(46)28-16-27(17-29(18-28)43(48)49)30-20-39-33(40-23(2)3)34(45)42(30)21-31(44)38-19-24-11-13-26(14-12-24)32(37)41-36(47)51-22-25-9-7-6-8-10-25/h6-14,16-18,20,23H,4-5,15,19,21-22H2,1-3H3,(H,38,44)(H,39,40)(H2,37,41,47). The molecule has 0 saturated carbocycles. The molecule has 1 heterocycles. The number of non-ortho nitro benzene ring substituents is 1. The molecule has 0 atom stereocenters. The molecule has 15 nitrogen and oxygen atoms in total. The predicted molar refractivity (Wildman–Crippen MR) is 189 cm³/mol. The average Bonchev–Trinajstić information content (AvgIpc) is 3.11. The Morgan fingerprint density at radius 2 is 1.71 bits per heavy atom. The van der Waals surface area contributed by atoms with E-state index in [2.05, 4.69) is 20.9 Å². The number of nitro groups is 1. The first kappa shape index (κ1) is 37.4. The number of ether oxygens (including phenoxy) is 2. The summed E-state index contributed by atoms with van der Waals surface area (Å²) in [6.07, 6.45) is 1.94. The number of nitro benzene ring substituents is 1. The number of nitrogens with one attached hydrogen (secondary N) is 4. The number of esters is 1. The average molecular weight is 698 g/mol. The van der Waals surface area contributed by atoms with Gasteiger partial charge in [-0.15, -0.1) is 0 Å². The van der Waals surface area contributed by atoms with Crippen LogP contribution in [0.4, 0.5) is 16.3 Å². The fraction of sp³-hybridized carbons (Fsp3) is 0.278. The third kappa shape index (κ3) is 10.8. The maximum Gasteiger partial charge on any atom is 0.413 e. The van der Waals surface area contributed by atoms with Crippen LogP contribution in [0.3, 0.4) is 0 Å². The van der Waals surface area contributed by atoms with Crippen LogP contribution in [0.15, 0.2) is 83.8 Å². The molecule has 0 spiro atoms. The summed E-state index contributed by atoms with van der Waals surface area (Å²) in [4.78, 5) is 67.0. The first-order valence-electron chi connectivity index (χ1n) is 16.2. The molecule has 0 unspecified atom stereocenters. The zero-order valence-electron chi connectivity index (χ0n) is 28.4. The first-order valence-corrected chi connectivity index (χ1v) is 16.2. The van der Waals surface area contributed by atoms with Gasteiger partial charge in [0.25, 0.3) is 11.2 Å². The summed E-state index contributed by atoms with van der Waals surface area (Å²) in [6, 6.07) is 19.1. The van der Waals surface area contributed by atoms with Crippen LogP contribution in [-0.4, -0.2) is 50.9 Å². The van der Waals surface area contributed by atoms with E-state index in [0.29, 0.717) is 17.5 Å². The zero-order valence-corrected chi connectivity index (χ0v) is 28.4. The van der Waals surface area contributed by atoms with Crippen molar-refractivity contribution in [3.8, 4) is 11.3 Å². The maximum atomic E-state index is 13.6. The van der Waals surface area contributed by atoms with Gasteiger partial charge in [0.05, 0.1) is 29.0 Å². The lowest BCUT2D eigenvalue weighted by Crippen LogP contribution is -2.35. The van der Waals surface area contributed by atoms with Crippen molar-refractivity contribution in [2.24, 2.45) is 0 Å². The van der Waals surface area contributed by atoms with Crippen molar-refractivity contribution < 1.29 is 28.8 Å². The van der Waals surface area contributed by atoms with E-state index in [-0.39, 0.29) is 54.3 Å². The second kappa shape index (κ2) is 17.9. The minimum atomic E-state index is -0.772. The van der Waals surface area contributed by atoms with Gasteiger partial charge >= 0.3 is 12.1 Å². The Labute approximate surface area is 293 Å². The number of amidine groups is 1. The first-order chi connectivity index (χ1) is 24.4. The van der Waals surface area contributed by atoms with Crippen LogP contribution < -0.4 is 21.5 Å². The van der Waals surface area contributed by atoms with Gasteiger partial charge in [-0.2, -0.15) is 0 Å². The highest BCUT2D eigenvalue weighted by Gasteiger charge is 2.21. The molecule has 0 aliphatic rings. The smallest absolute Gasteiger partial charge is 0.413 e. The maximum absolute atomic E-state index is 13.6. The van der Waals surface area contributed by atoms with Gasteiger partial charge in [0.15, 0.2) is 5.82 Å². The van der Waals surface area contributed by atoms with Crippen molar-refractivity contribution in [3.05, 3.63) is 122 Å². The van der Waals surface area contributed by atoms with Crippen LogP contribution in [0.25, 0.3) is 11.3 Å². The monoisotopic (exact) mass is 697 g/mol. The molecule has 51 heavy (non-hydrogen) atoms. The molecule has 0 fully saturated rings. The van der Waals surface area contributed by atoms with Gasteiger partial charge in [0.2, 0.25) is 5.91 Å². The van der Waals surface area contributed by atoms with Crippen molar-refractivity contribution in [1.82, 2.24) is 20.2 Å². The number of alkyl carbamates (subject to hydrolysis) is 1. The predicted octanol–water partition coefficient (Wildman–Crippen LogP) is 5.16. The Balaban J connectivity index is 1.48. The number of carbonyl (C=O) groups excluding carboxylic acids is 3. The molecular weight excluding hydrogens is 658 g/mol. The quantitative estimate of drug-likeness (QED) is 0.0320. The molecule has 3 aromatic carbocycles. The molecular formula is C36H39N7O8. The molecule has 0 saturated heterocycles. The molecule has 4 aromatic rings. The van der Waals surface area contributed by atoms with Crippen LogP contribution >= 0.6 is 0 Å². The summed E-state index contributed by atoms with van der Waals surface area (Å²) >= 11 is 0. The SMILES string of the molecule is CCCCOC(=O)c1cc(-c2cnc(NC(C)C)c(=O)n2CC(=O)NCc2ccc(C(=N)NC(=O)OCc3ccccc3)cc2)cc([N+](=O)[O-])c1. The Morgan fingerprint density at radius 3 is 2.37 bits per heavy atom. The van der Waals surface area contributed by atoms with Crippen molar-refractivity contribution in [3.63, 3.8) is 0 Å². The van der Waals surface area contributed by atoms with E-state index in [1.165, 1.54) is 18.3 Å². The van der Waals surface area contributed by atoms with Gasteiger partial charge in [-0.25, -0.2) is 14.6 Å². The number of amides is 2. The molecule has 4 N–H and O–H groups in total. The summed E-state index contributed by atoms with van der Waals surface area (Å²) in [5.74, 6) is -1.50. The van der Waals surface area contributed by atoms with Crippen LogP contribution in [0, 0.1) is 15.5 Å². The number of rotatable bonds is 15. The number of hydrogen-bond acceptors (Lipinski definition) is 11. The minimum absolute atomic E-state index is 0.0261. The van der Waals surface area contributed by atoms with Crippen molar-refractivity contribution >= 4 is 35.3 Å². The molecule has 1 aromatic heterocycles. The Bertz CT molecular complexity index is 1940. The number of nitrogens with zero attached hydrogens (tertiary/aromatic N) is 3. The van der Waals surface area contributed by atoms with E-state index in [0.717, 1.165) is 22.6 Å². The van der Waals surface area contributed by atoms with E-state index in [1.807, 2.05) is 51.1 Å². The van der Waals surface area contributed by atoms with E-state index < -0.39 is 40.7 Å². The summed E-state index contributed by atoms with van der Waals surface area (Å²) in [6.45, 7) is 5.34. The second-order valence-corrected chi connectivity index (χ2v) is 11.7. The number of hydrogen-bond donors (Lipinski definition) is 4. The summed E-state index contributed by atoms with van der Waals surface area (Å²) in [5, 5.41) is 28.1. The zero-order chi connectivity index (χ0) is 36.9. The number of aromatic nitrogens is 2. The van der Waals surface area contributed by atoms with E-state index in [1.54, 1.807) is 24.3 Å². The molecule has 266 valence electrons. The summed E-state index contributed by atoms with van der Waals surface area (Å²) < 4.78 is 11.5. The Kier molecular flexibility index (Phi) is 13.1. The lowest BCUT2D eigenvalue weighted by atomic mass is 10.1. The largest absolute Gasteiger partial charge is 0.462 e. The fourth-order valence-corrected chi connectivity index (χ4v) is 4.75. The van der Waals surface area contributed by atoms with Gasteiger partial charge in [-0.05, 0) is 37.5 Å². The summed E-state index contributed by atoms with van der Waals surface area (Å²) in [5.41, 5.74) is 0.946. The molecule has 0 bridgehead atoms. The third-order valence-electron chi connectivity index (χ3n) is 7.34. The molecule has 0 aliphatic carbocycles. The van der Waals surface area contributed by atoms with E-state index >= 15 is 0 Å². The third-order valence-corrected chi connectivity index (χ3v) is 7.34. The highest BCUT2D eigenvalue weighted by molar-refractivity contribution is 6.04. The van der Waals surface area contributed by atoms with Crippen LogP contribution in [-0.2, 0) is 34.0 Å². The van der Waals surface area contributed by atoms with E-state index in [9.17, 15) is 29.3 Å². The molecule has 4 rings (SSSR count). The highest BCUT2D eigenvalue weighted by Crippen LogP contribution is 2.26. The number of carbonyl (C=O) groups is 3. The van der Waals surface area contributed by atoms with Crippen molar-refractivity contribution in [2.75, 3.05) is 11.9 Å². The van der Waals surface area contributed by atoms with Crippen molar-refractivity contribution in [1.29, 1.82) is 5.41 Å². The molecule has 15 heteroatoms. The van der Waals surface area contributed by atoms with Crippen LogP contribution in [0.2, 0.25) is 0 Å². The Morgan fingerprint density at radius 1 is 0.980 bits per heavy atom. The lowest BCUT2D eigenvalue weighted by molar-refractivity contribution is -0.384. The number of benzene rings is 3. The number of anilines is 1. The molecule has 0 aliphatic heterocycles. The van der Waals surface area contributed by atoms with Gasteiger partial charge < -0.3 is 20.1 Å². The highest BCUT2D eigenvalue weighted by atomic mass is 16.6. The topological polar surface area (TPSA) is 208 Å². The fourth-order valence-electron chi connectivity index (χ4n) is 4.75. The Hall–Kier alpha value is -6.38. The molecule has 2 amide bonds. The molecule has 0 radical (unpaired) electrons. The van der Waals surface area contributed by atoms with Gasteiger partial charge in [-0.1, -0.05) is 67.9 Å². The van der Waals surface area contributed by atoms with Crippen LogP contribution in [0.5, 0.6) is 0 Å². The van der Waals surface area contributed by atoms with Gasteiger partial charge in [0.1, 0.15) is 19.0 Å². The number of unbranched alkanes of at least 4 members (excludes halogenated alkanes) is 1. The van der Waals surface area contributed by atoms with E-state index in [4.69, 9.17) is 14.9 Å². The lowest BCUT2D eigenvalue weighted by Gasteiger charge is -2.16. The second-order valence-electron chi connectivity index (χ2n) is 11.7. The van der Waals surface area contributed by atoms with Gasteiger partial charge in [-0.3, -0.25) is 35.0 Å².